The summed E-state index contributed by atoms with van der Waals surface area (Å²) in [6.07, 6.45) is 0.500. The van der Waals surface area contributed by atoms with E-state index in [1.165, 1.54) is 40.2 Å². The molecule has 0 radical (unpaired) electrons. The molecular formula is C31H27FN6O4S3. The maximum atomic E-state index is 13.9. The summed E-state index contributed by atoms with van der Waals surface area (Å²) in [6, 6.07) is 18.5. The summed E-state index contributed by atoms with van der Waals surface area (Å²) in [5.41, 5.74) is 2.18. The summed E-state index contributed by atoms with van der Waals surface area (Å²) in [4.78, 5) is 28.0. The van der Waals surface area contributed by atoms with Gasteiger partial charge >= 0.3 is 0 Å². The number of hydrogen-bond acceptors (Lipinski definition) is 10. The number of hydrazone groups is 1. The molecule has 2 aromatic carbocycles. The van der Waals surface area contributed by atoms with Crippen LogP contribution in [0.4, 0.5) is 4.39 Å². The molecule has 0 bridgehead atoms. The quantitative estimate of drug-likeness (QED) is 0.174. The number of halogens is 1. The standard InChI is InChI=1S/C31H27FN6O4S3/c1-41-24-7-3-6-21(29(24)42-2)23-16-22(25-8-4-14-43-25)36-38(23)28(39)18-45-31-35-34-27(17-33-30(40)26-9-5-15-44-26)37(31)20-12-10-19(32)11-13-20/h3-15,23H,16-18H2,1-2H3,(H,33,40). The molecule has 230 valence electrons. The van der Waals surface area contributed by atoms with Crippen molar-refractivity contribution in [1.82, 2.24) is 25.1 Å². The normalized spacial score (nSPS) is 14.3. The third-order valence-corrected chi connectivity index (χ3v) is 9.73. The van der Waals surface area contributed by atoms with Crippen LogP contribution in [0.3, 0.4) is 0 Å². The van der Waals surface area contributed by atoms with Crippen LogP contribution in [0.2, 0.25) is 0 Å². The zero-order valence-electron chi connectivity index (χ0n) is 24.2. The smallest absolute Gasteiger partial charge is 0.261 e. The van der Waals surface area contributed by atoms with E-state index in [1.54, 1.807) is 54.4 Å². The van der Waals surface area contributed by atoms with Crippen molar-refractivity contribution in [2.75, 3.05) is 20.0 Å². The number of carbonyl (C=O) groups is 2. The van der Waals surface area contributed by atoms with Crippen LogP contribution in [0.5, 0.6) is 11.5 Å². The summed E-state index contributed by atoms with van der Waals surface area (Å²) in [7, 11) is 3.14. The van der Waals surface area contributed by atoms with Crippen LogP contribution >= 0.6 is 34.4 Å². The van der Waals surface area contributed by atoms with Crippen molar-refractivity contribution in [1.29, 1.82) is 0 Å². The molecule has 0 saturated carbocycles. The molecule has 45 heavy (non-hydrogen) atoms. The van der Waals surface area contributed by atoms with Crippen molar-refractivity contribution < 1.29 is 23.5 Å². The molecule has 1 unspecified atom stereocenters. The van der Waals surface area contributed by atoms with Crippen molar-refractivity contribution in [3.8, 4) is 17.2 Å². The van der Waals surface area contributed by atoms with Crippen molar-refractivity contribution >= 4 is 52.0 Å². The SMILES string of the molecule is COc1cccc(C2CC(c3cccs3)=NN2C(=O)CSc2nnc(CNC(=O)c3cccs3)n2-c2ccc(F)cc2)c1OC. The summed E-state index contributed by atoms with van der Waals surface area (Å²) in [6.45, 7) is 0.0773. The Morgan fingerprint density at radius 1 is 1.00 bits per heavy atom. The summed E-state index contributed by atoms with van der Waals surface area (Å²) >= 11 is 4.07. The number of carbonyl (C=O) groups excluding carboxylic acids is 2. The predicted molar refractivity (Wildman–Crippen MR) is 172 cm³/mol. The lowest BCUT2D eigenvalue weighted by atomic mass is 9.99. The van der Waals surface area contributed by atoms with E-state index < -0.39 is 11.9 Å². The first-order valence-corrected chi connectivity index (χ1v) is 16.5. The highest BCUT2D eigenvalue weighted by Crippen LogP contribution is 2.42. The van der Waals surface area contributed by atoms with Crippen molar-refractivity contribution in [3.05, 3.63) is 104 Å². The van der Waals surface area contributed by atoms with Crippen molar-refractivity contribution in [3.63, 3.8) is 0 Å². The summed E-state index contributed by atoms with van der Waals surface area (Å²) in [5, 5.41) is 22.0. The highest BCUT2D eigenvalue weighted by Gasteiger charge is 2.36. The monoisotopic (exact) mass is 662 g/mol. The largest absolute Gasteiger partial charge is 0.493 e. The van der Waals surface area contributed by atoms with E-state index in [0.29, 0.717) is 39.5 Å². The molecule has 14 heteroatoms. The second kappa shape index (κ2) is 13.6. The highest BCUT2D eigenvalue weighted by molar-refractivity contribution is 7.99. The Hall–Kier alpha value is -4.53. The first-order chi connectivity index (χ1) is 22.0. The molecule has 0 saturated heterocycles. The minimum Gasteiger partial charge on any atom is -0.493 e. The number of hydrogen-bond donors (Lipinski definition) is 1. The fraction of sp³-hybridized carbons (Fsp3) is 0.194. The maximum Gasteiger partial charge on any atom is 0.261 e. The van der Waals surface area contributed by atoms with E-state index in [-0.39, 0.29) is 24.1 Å². The van der Waals surface area contributed by atoms with Crippen LogP contribution in [0.1, 0.15) is 38.4 Å². The Morgan fingerprint density at radius 3 is 2.51 bits per heavy atom. The first kappa shape index (κ1) is 30.5. The molecule has 3 aromatic heterocycles. The molecule has 1 atom stereocenters. The molecule has 0 fully saturated rings. The van der Waals surface area contributed by atoms with Crippen LogP contribution < -0.4 is 14.8 Å². The number of thiophene rings is 2. The van der Waals surface area contributed by atoms with Gasteiger partial charge in [-0.1, -0.05) is 36.0 Å². The third-order valence-electron chi connectivity index (χ3n) is 7.03. The summed E-state index contributed by atoms with van der Waals surface area (Å²) < 4.78 is 26.7. The van der Waals surface area contributed by atoms with E-state index in [9.17, 15) is 14.0 Å². The molecule has 0 aliphatic carbocycles. The van der Waals surface area contributed by atoms with Crippen LogP contribution in [0, 0.1) is 5.82 Å². The number of benzene rings is 2. The second-order valence-electron chi connectivity index (χ2n) is 9.72. The van der Waals surface area contributed by atoms with Crippen LogP contribution in [0.15, 0.2) is 87.7 Å². The number of aromatic nitrogens is 3. The number of amides is 2. The molecule has 4 heterocycles. The Kier molecular flexibility index (Phi) is 9.23. The van der Waals surface area contributed by atoms with E-state index in [4.69, 9.17) is 14.6 Å². The lowest BCUT2D eigenvalue weighted by molar-refractivity contribution is -0.130. The maximum absolute atomic E-state index is 13.9. The van der Waals surface area contributed by atoms with Gasteiger partial charge < -0.3 is 14.8 Å². The van der Waals surface area contributed by atoms with Crippen LogP contribution in [-0.4, -0.2) is 57.3 Å². The summed E-state index contributed by atoms with van der Waals surface area (Å²) in [5.74, 6) is 0.648. The van der Waals surface area contributed by atoms with Gasteiger partial charge in [0.2, 0.25) is 0 Å². The lowest BCUT2D eigenvalue weighted by Crippen LogP contribution is -2.29. The van der Waals surface area contributed by atoms with Crippen molar-refractivity contribution in [2.24, 2.45) is 5.10 Å². The molecule has 1 aliphatic rings. The number of rotatable bonds is 11. The van der Waals surface area contributed by atoms with Gasteiger partial charge in [0.25, 0.3) is 11.8 Å². The Labute approximate surface area is 270 Å². The Bertz CT molecular complexity index is 1820. The van der Waals surface area contributed by atoms with Gasteiger partial charge in [-0.05, 0) is 53.2 Å². The number of thioether (sulfide) groups is 1. The van der Waals surface area contributed by atoms with Gasteiger partial charge in [0.15, 0.2) is 22.5 Å². The molecule has 1 aliphatic heterocycles. The minimum absolute atomic E-state index is 0.00904. The zero-order valence-corrected chi connectivity index (χ0v) is 26.6. The number of methoxy groups -OCH3 is 2. The molecule has 0 spiro atoms. The number of para-hydroxylation sites is 1. The van der Waals surface area contributed by atoms with Gasteiger partial charge in [0.05, 0.1) is 48.0 Å². The minimum atomic E-state index is -0.418. The second-order valence-corrected chi connectivity index (χ2v) is 12.6. The van der Waals surface area contributed by atoms with Gasteiger partial charge in [0.1, 0.15) is 5.82 Å². The average molecular weight is 663 g/mol. The van der Waals surface area contributed by atoms with Gasteiger partial charge in [0, 0.05) is 17.7 Å². The van der Waals surface area contributed by atoms with E-state index in [1.807, 2.05) is 41.1 Å². The number of nitrogens with one attached hydrogen (secondary N) is 1. The fourth-order valence-electron chi connectivity index (χ4n) is 4.95. The van der Waals surface area contributed by atoms with E-state index in [2.05, 4.69) is 15.5 Å². The molecule has 6 rings (SSSR count). The number of nitrogens with zero attached hydrogens (tertiary/aromatic N) is 5. The molecular weight excluding hydrogens is 636 g/mol. The molecule has 10 nitrogen and oxygen atoms in total. The van der Waals surface area contributed by atoms with Crippen LogP contribution in [-0.2, 0) is 11.3 Å². The van der Waals surface area contributed by atoms with Gasteiger partial charge in [-0.15, -0.1) is 32.9 Å². The fourth-order valence-corrected chi connectivity index (χ4v) is 7.14. The van der Waals surface area contributed by atoms with Crippen LogP contribution in [0.25, 0.3) is 5.69 Å². The highest BCUT2D eigenvalue weighted by atomic mass is 32.2. The van der Waals surface area contributed by atoms with E-state index in [0.717, 1.165) is 16.2 Å². The number of ether oxygens (including phenoxy) is 2. The van der Waals surface area contributed by atoms with Crippen molar-refractivity contribution in [2.45, 2.75) is 24.2 Å². The van der Waals surface area contributed by atoms with Gasteiger partial charge in [-0.2, -0.15) is 5.10 Å². The molecule has 5 aromatic rings. The average Bonchev–Trinajstić information content (AvgIpc) is 3.89. The predicted octanol–water partition coefficient (Wildman–Crippen LogP) is 5.95. The van der Waals surface area contributed by atoms with Gasteiger partial charge in [-0.25, -0.2) is 9.40 Å². The Morgan fingerprint density at radius 2 is 1.80 bits per heavy atom. The van der Waals surface area contributed by atoms with Gasteiger partial charge in [-0.3, -0.25) is 14.2 Å². The molecule has 1 N–H and O–H groups in total. The first-order valence-electron chi connectivity index (χ1n) is 13.8. The third kappa shape index (κ3) is 6.48. The Balaban J connectivity index is 1.27. The zero-order chi connectivity index (χ0) is 31.3. The topological polar surface area (TPSA) is 111 Å². The lowest BCUT2D eigenvalue weighted by Gasteiger charge is -2.24. The van der Waals surface area contributed by atoms with E-state index >= 15 is 0 Å². The molecule has 2 amide bonds.